The van der Waals surface area contributed by atoms with Crippen molar-refractivity contribution in [1.82, 2.24) is 4.98 Å². The van der Waals surface area contributed by atoms with Crippen LogP contribution in [0.4, 0.5) is 8.78 Å². The second-order valence-electron chi connectivity index (χ2n) is 2.43. The molecule has 0 aliphatic carbocycles. The van der Waals surface area contributed by atoms with Crippen LogP contribution in [0, 0.1) is 6.92 Å². The van der Waals surface area contributed by atoms with E-state index in [0.717, 1.165) is 0 Å². The van der Waals surface area contributed by atoms with Gasteiger partial charge in [-0.3, -0.25) is 0 Å². The molecule has 0 spiro atoms. The lowest BCUT2D eigenvalue weighted by atomic mass is 10.2. The highest BCUT2D eigenvalue weighted by Crippen LogP contribution is 2.31. The third kappa shape index (κ3) is 1.98. The highest BCUT2D eigenvalue weighted by molar-refractivity contribution is 7.09. The number of aliphatic hydroxyl groups excluding tert-OH is 1. The summed E-state index contributed by atoms with van der Waals surface area (Å²) in [7, 11) is 0. The average Bonchev–Trinajstić information content (AvgIpc) is 2.36. The summed E-state index contributed by atoms with van der Waals surface area (Å²) in [6, 6.07) is 0. The van der Waals surface area contributed by atoms with Gasteiger partial charge in [0, 0.05) is 18.4 Å². The number of hydrogen-bond donors (Lipinski definition) is 1. The molecule has 0 fully saturated rings. The number of thiazole rings is 1. The zero-order valence-electron chi connectivity index (χ0n) is 6.55. The van der Waals surface area contributed by atoms with Gasteiger partial charge in [0.2, 0.25) is 0 Å². The third-order valence-electron chi connectivity index (χ3n) is 1.42. The summed E-state index contributed by atoms with van der Waals surface area (Å²) in [6.07, 6.45) is -0.559. The molecule has 0 atom stereocenters. The molecule has 1 heterocycles. The van der Waals surface area contributed by atoms with E-state index in [9.17, 15) is 8.78 Å². The molecule has 1 aromatic heterocycles. The molecule has 0 unspecified atom stereocenters. The lowest BCUT2D eigenvalue weighted by Gasteiger charge is -2.10. The Hall–Kier alpha value is -0.550. The van der Waals surface area contributed by atoms with Crippen LogP contribution < -0.4 is 0 Å². The van der Waals surface area contributed by atoms with Crippen LogP contribution in [-0.4, -0.2) is 16.7 Å². The molecule has 0 amide bonds. The fraction of sp³-hybridized carbons (Fsp3) is 0.571. The van der Waals surface area contributed by atoms with Crippen molar-refractivity contribution in [3.63, 3.8) is 0 Å². The van der Waals surface area contributed by atoms with Crippen LogP contribution in [0.1, 0.15) is 17.1 Å². The fourth-order valence-electron chi connectivity index (χ4n) is 0.800. The van der Waals surface area contributed by atoms with E-state index in [-0.39, 0.29) is 5.69 Å². The van der Waals surface area contributed by atoms with Gasteiger partial charge < -0.3 is 5.11 Å². The maximum Gasteiger partial charge on any atom is 0.292 e. The van der Waals surface area contributed by atoms with Gasteiger partial charge >= 0.3 is 0 Å². The number of halogens is 2. The van der Waals surface area contributed by atoms with E-state index in [1.165, 1.54) is 16.7 Å². The normalized spacial score (nSPS) is 12.0. The van der Waals surface area contributed by atoms with Crippen molar-refractivity contribution in [1.29, 1.82) is 0 Å². The summed E-state index contributed by atoms with van der Waals surface area (Å²) in [5.74, 6) is -2.99. The van der Waals surface area contributed by atoms with Crippen LogP contribution >= 0.6 is 11.3 Å². The molecule has 1 aromatic rings. The van der Waals surface area contributed by atoms with Gasteiger partial charge in [-0.1, -0.05) is 0 Å². The quantitative estimate of drug-likeness (QED) is 0.795. The molecule has 0 aromatic carbocycles. The molecule has 1 rings (SSSR count). The minimum atomic E-state index is -2.99. The standard InChI is InChI=1S/C7H9F2NOS/c1-5-10-6(4-12-5)7(8,9)2-3-11/h4,11H,2-3H2,1H3. The molecule has 68 valence electrons. The first-order valence-electron chi connectivity index (χ1n) is 3.47. The number of aliphatic hydroxyl groups is 1. The third-order valence-corrected chi connectivity index (χ3v) is 2.19. The van der Waals surface area contributed by atoms with Crippen molar-refractivity contribution in [2.24, 2.45) is 0 Å². The average molecular weight is 193 g/mol. The molecule has 0 saturated carbocycles. The van der Waals surface area contributed by atoms with Gasteiger partial charge in [0.1, 0.15) is 5.69 Å². The van der Waals surface area contributed by atoms with Crippen LogP contribution in [-0.2, 0) is 5.92 Å². The highest BCUT2D eigenvalue weighted by Gasteiger charge is 2.33. The first kappa shape index (κ1) is 9.54. The summed E-state index contributed by atoms with van der Waals surface area (Å²) in [4.78, 5) is 3.66. The van der Waals surface area contributed by atoms with Crippen molar-refractivity contribution in [2.45, 2.75) is 19.3 Å². The van der Waals surface area contributed by atoms with E-state index in [2.05, 4.69) is 4.98 Å². The first-order chi connectivity index (χ1) is 5.56. The highest BCUT2D eigenvalue weighted by atomic mass is 32.1. The van der Waals surface area contributed by atoms with Gasteiger partial charge in [0.05, 0.1) is 5.01 Å². The lowest BCUT2D eigenvalue weighted by molar-refractivity contribution is -0.0305. The van der Waals surface area contributed by atoms with Crippen LogP contribution in [0.3, 0.4) is 0 Å². The van der Waals surface area contributed by atoms with E-state index in [1.807, 2.05) is 0 Å². The molecule has 0 bridgehead atoms. The van der Waals surface area contributed by atoms with Gasteiger partial charge in [-0.05, 0) is 6.92 Å². The maximum absolute atomic E-state index is 13.0. The van der Waals surface area contributed by atoms with Crippen molar-refractivity contribution in [3.8, 4) is 0 Å². The van der Waals surface area contributed by atoms with Gasteiger partial charge in [-0.2, -0.15) is 8.78 Å². The number of alkyl halides is 2. The van der Waals surface area contributed by atoms with E-state index in [0.29, 0.717) is 5.01 Å². The van der Waals surface area contributed by atoms with Gasteiger partial charge in [-0.25, -0.2) is 4.98 Å². The summed E-state index contributed by atoms with van der Waals surface area (Å²) < 4.78 is 25.9. The van der Waals surface area contributed by atoms with Crippen LogP contribution in [0.5, 0.6) is 0 Å². The fourth-order valence-corrected chi connectivity index (χ4v) is 1.46. The van der Waals surface area contributed by atoms with Crippen LogP contribution in [0.15, 0.2) is 5.38 Å². The molecule has 0 aliphatic heterocycles. The predicted octanol–water partition coefficient (Wildman–Crippen LogP) is 1.93. The molecular formula is C7H9F2NOS. The van der Waals surface area contributed by atoms with Gasteiger partial charge in [-0.15, -0.1) is 11.3 Å². The minimum absolute atomic E-state index is 0.237. The lowest BCUT2D eigenvalue weighted by Crippen LogP contribution is -2.15. The Bertz CT molecular complexity index is 262. The Morgan fingerprint density at radius 2 is 2.33 bits per heavy atom. The monoisotopic (exact) mass is 193 g/mol. The van der Waals surface area contributed by atoms with Crippen molar-refractivity contribution in [2.75, 3.05) is 6.61 Å². The summed E-state index contributed by atoms with van der Waals surface area (Å²) in [5.41, 5.74) is -0.237. The Morgan fingerprint density at radius 1 is 1.67 bits per heavy atom. The molecule has 0 saturated heterocycles. The molecule has 0 aliphatic rings. The van der Waals surface area contributed by atoms with Crippen LogP contribution in [0.2, 0.25) is 0 Å². The number of rotatable bonds is 3. The number of hydrogen-bond acceptors (Lipinski definition) is 3. The smallest absolute Gasteiger partial charge is 0.292 e. The van der Waals surface area contributed by atoms with E-state index >= 15 is 0 Å². The van der Waals surface area contributed by atoms with Gasteiger partial charge in [0.25, 0.3) is 5.92 Å². The molecule has 2 nitrogen and oxygen atoms in total. The first-order valence-corrected chi connectivity index (χ1v) is 4.35. The molecular weight excluding hydrogens is 184 g/mol. The zero-order valence-corrected chi connectivity index (χ0v) is 7.37. The number of nitrogens with zero attached hydrogens (tertiary/aromatic N) is 1. The second kappa shape index (κ2) is 3.45. The van der Waals surface area contributed by atoms with Gasteiger partial charge in [0.15, 0.2) is 0 Å². The minimum Gasteiger partial charge on any atom is -0.396 e. The topological polar surface area (TPSA) is 33.1 Å². The van der Waals surface area contributed by atoms with E-state index in [1.54, 1.807) is 6.92 Å². The molecule has 12 heavy (non-hydrogen) atoms. The predicted molar refractivity (Wildman–Crippen MR) is 42.4 cm³/mol. The second-order valence-corrected chi connectivity index (χ2v) is 3.49. The largest absolute Gasteiger partial charge is 0.396 e. The Kier molecular flexibility index (Phi) is 2.74. The number of aromatic nitrogens is 1. The SMILES string of the molecule is Cc1nc(C(F)(F)CCO)cs1. The van der Waals surface area contributed by atoms with E-state index in [4.69, 9.17) is 5.11 Å². The molecule has 1 N–H and O–H groups in total. The van der Waals surface area contributed by atoms with Crippen molar-refractivity contribution < 1.29 is 13.9 Å². The van der Waals surface area contributed by atoms with Crippen LogP contribution in [0.25, 0.3) is 0 Å². The molecule has 5 heteroatoms. The Labute approximate surface area is 72.9 Å². The summed E-state index contributed by atoms with van der Waals surface area (Å²) in [5, 5.41) is 10.3. The van der Waals surface area contributed by atoms with Crippen molar-refractivity contribution in [3.05, 3.63) is 16.1 Å². The Morgan fingerprint density at radius 3 is 2.75 bits per heavy atom. The zero-order chi connectivity index (χ0) is 9.19. The summed E-state index contributed by atoms with van der Waals surface area (Å²) in [6.45, 7) is 1.15. The number of aryl methyl sites for hydroxylation is 1. The van der Waals surface area contributed by atoms with Crippen molar-refractivity contribution >= 4 is 11.3 Å². The maximum atomic E-state index is 13.0. The summed E-state index contributed by atoms with van der Waals surface area (Å²) >= 11 is 1.18. The molecule has 0 radical (unpaired) electrons. The van der Waals surface area contributed by atoms with E-state index < -0.39 is 19.0 Å². The Balaban J connectivity index is 2.81.